The van der Waals surface area contributed by atoms with Gasteiger partial charge in [-0.3, -0.25) is 19.3 Å². The van der Waals surface area contributed by atoms with E-state index in [9.17, 15) is 18.0 Å². The molecule has 11 heteroatoms. The Hall–Kier alpha value is -3.96. The quantitative estimate of drug-likeness (QED) is 0.462. The van der Waals surface area contributed by atoms with Crippen LogP contribution in [0.2, 0.25) is 0 Å². The molecule has 3 aromatic rings. The number of aryl methyl sites for hydroxylation is 1. The Morgan fingerprint density at radius 1 is 1.12 bits per heavy atom. The Morgan fingerprint density at radius 2 is 1.90 bits per heavy atom. The van der Waals surface area contributed by atoms with Crippen LogP contribution in [0.25, 0.3) is 0 Å². The van der Waals surface area contributed by atoms with Crippen LogP contribution in [0.4, 0.5) is 5.69 Å². The van der Waals surface area contributed by atoms with Gasteiger partial charge in [0.25, 0.3) is 15.9 Å². The number of likely N-dealkylation sites (N-methyl/N-ethyl adjacent to an activating group) is 1. The highest BCUT2D eigenvalue weighted by Crippen LogP contribution is 2.28. The molecule has 224 valence electrons. The van der Waals surface area contributed by atoms with Crippen molar-refractivity contribution >= 4 is 27.5 Å². The topological polar surface area (TPSA) is 118 Å². The Balaban J connectivity index is 1.66. The van der Waals surface area contributed by atoms with Crippen LogP contribution in [-0.4, -0.2) is 81.0 Å². The number of nitrogens with one attached hydrogen (secondary N) is 1. The Bertz CT molecular complexity index is 1510. The zero-order valence-electron chi connectivity index (χ0n) is 24.6. The lowest BCUT2D eigenvalue weighted by atomic mass is 10.0. The second-order valence-corrected chi connectivity index (χ2v) is 12.5. The molecule has 0 spiro atoms. The molecule has 0 saturated carbocycles. The summed E-state index contributed by atoms with van der Waals surface area (Å²) >= 11 is 0. The Kier molecular flexibility index (Phi) is 9.85. The number of carbonyl (C=O) groups excluding carboxylic acids is 2. The number of carbonyl (C=O) groups is 2. The number of methoxy groups -OCH3 is 1. The zero-order chi connectivity index (χ0) is 30.4. The summed E-state index contributed by atoms with van der Waals surface area (Å²) in [6.45, 7) is 6.47. The molecule has 1 N–H and O–H groups in total. The maximum Gasteiger partial charge on any atom is 0.261 e. The van der Waals surface area contributed by atoms with Gasteiger partial charge in [-0.2, -0.15) is 0 Å². The van der Waals surface area contributed by atoms with Crippen LogP contribution in [0, 0.1) is 12.8 Å². The number of aromatic nitrogens is 1. The van der Waals surface area contributed by atoms with Gasteiger partial charge in [-0.05, 0) is 55.3 Å². The standard InChI is InChI=1S/C31H38N4O6S/c1-21-8-6-10-26(14-21)42(38,39)33-25-11-12-27-28(16-25)41-20-23(3)35(30(36)15-24-9-7-13-32-17-24)18-22(2)29(40-5)19-34(4)31(27)37/h6-14,16-17,22-23,29,33H,15,18-20H2,1-5H3/t22-,23-,29-/m1/s1. The van der Waals surface area contributed by atoms with E-state index in [2.05, 4.69) is 9.71 Å². The molecule has 3 atom stereocenters. The largest absolute Gasteiger partial charge is 0.491 e. The van der Waals surface area contributed by atoms with Crippen LogP contribution in [0.3, 0.4) is 0 Å². The SMILES string of the molecule is CO[C@@H]1CN(C)C(=O)c2ccc(NS(=O)(=O)c3cccc(C)c3)cc2OC[C@@H](C)N(C(=O)Cc2cccnc2)C[C@H]1C. The average molecular weight is 595 g/mol. The first-order valence-electron chi connectivity index (χ1n) is 13.8. The van der Waals surface area contributed by atoms with Crippen molar-refractivity contribution in [1.82, 2.24) is 14.8 Å². The van der Waals surface area contributed by atoms with Crippen LogP contribution < -0.4 is 9.46 Å². The number of rotatable bonds is 6. The van der Waals surface area contributed by atoms with Crippen LogP contribution in [0.15, 0.2) is 71.9 Å². The molecule has 0 radical (unpaired) electrons. The molecule has 2 heterocycles. The summed E-state index contributed by atoms with van der Waals surface area (Å²) in [7, 11) is -0.603. The second-order valence-electron chi connectivity index (χ2n) is 10.8. The third-order valence-corrected chi connectivity index (χ3v) is 8.78. The van der Waals surface area contributed by atoms with Crippen LogP contribution in [0.5, 0.6) is 5.75 Å². The number of sulfonamides is 1. The monoisotopic (exact) mass is 594 g/mol. The Morgan fingerprint density at radius 3 is 2.60 bits per heavy atom. The number of hydrogen-bond acceptors (Lipinski definition) is 7. The normalized spacial score (nSPS) is 20.1. The number of hydrogen-bond donors (Lipinski definition) is 1. The fraction of sp³-hybridized carbons (Fsp3) is 0.387. The van der Waals surface area contributed by atoms with E-state index in [1.807, 2.05) is 32.9 Å². The van der Waals surface area contributed by atoms with Crippen molar-refractivity contribution in [3.8, 4) is 5.75 Å². The van der Waals surface area contributed by atoms with Gasteiger partial charge >= 0.3 is 0 Å². The van der Waals surface area contributed by atoms with E-state index < -0.39 is 10.0 Å². The third-order valence-electron chi connectivity index (χ3n) is 7.40. The summed E-state index contributed by atoms with van der Waals surface area (Å²) < 4.78 is 40.7. The molecule has 0 saturated heterocycles. The van der Waals surface area contributed by atoms with Crippen molar-refractivity contribution in [2.45, 2.75) is 44.2 Å². The van der Waals surface area contributed by atoms with Crippen molar-refractivity contribution in [3.63, 3.8) is 0 Å². The van der Waals surface area contributed by atoms with Crippen LogP contribution in [-0.2, 0) is 26.0 Å². The maximum absolute atomic E-state index is 13.5. The predicted molar refractivity (Wildman–Crippen MR) is 160 cm³/mol. The van der Waals surface area contributed by atoms with Gasteiger partial charge < -0.3 is 19.3 Å². The first-order valence-corrected chi connectivity index (χ1v) is 15.3. The lowest BCUT2D eigenvalue weighted by molar-refractivity contribution is -0.134. The first-order chi connectivity index (χ1) is 20.0. The molecule has 0 bridgehead atoms. The maximum atomic E-state index is 13.5. The molecule has 0 unspecified atom stereocenters. The predicted octanol–water partition coefficient (Wildman–Crippen LogP) is 3.77. The molecule has 0 fully saturated rings. The van der Waals surface area contributed by atoms with Crippen LogP contribution >= 0.6 is 0 Å². The summed E-state index contributed by atoms with van der Waals surface area (Å²) in [6, 6.07) is 14.5. The highest BCUT2D eigenvalue weighted by molar-refractivity contribution is 7.92. The van der Waals surface area contributed by atoms with E-state index >= 15 is 0 Å². The number of anilines is 1. The summed E-state index contributed by atoms with van der Waals surface area (Å²) in [5.41, 5.74) is 2.14. The molecule has 2 aromatic carbocycles. The van der Waals surface area contributed by atoms with Crippen molar-refractivity contribution in [2.75, 3.05) is 38.6 Å². The fourth-order valence-corrected chi connectivity index (χ4v) is 6.11. The number of fused-ring (bicyclic) bond motifs is 1. The summed E-state index contributed by atoms with van der Waals surface area (Å²) in [4.78, 5) is 34.6. The molecule has 4 rings (SSSR count). The minimum absolute atomic E-state index is 0.0807. The van der Waals surface area contributed by atoms with Gasteiger partial charge in [0.1, 0.15) is 12.4 Å². The highest BCUT2D eigenvalue weighted by Gasteiger charge is 2.30. The van der Waals surface area contributed by atoms with Crippen molar-refractivity contribution in [1.29, 1.82) is 0 Å². The van der Waals surface area contributed by atoms with Gasteiger partial charge in [-0.1, -0.05) is 25.1 Å². The molecule has 1 aromatic heterocycles. The lowest BCUT2D eigenvalue weighted by Gasteiger charge is -2.36. The lowest BCUT2D eigenvalue weighted by Crippen LogP contribution is -2.49. The molecule has 42 heavy (non-hydrogen) atoms. The van der Waals surface area contributed by atoms with E-state index in [1.54, 1.807) is 60.6 Å². The number of benzene rings is 2. The minimum Gasteiger partial charge on any atom is -0.491 e. The summed E-state index contributed by atoms with van der Waals surface area (Å²) in [5, 5.41) is 0. The van der Waals surface area contributed by atoms with E-state index in [0.29, 0.717) is 6.54 Å². The van der Waals surface area contributed by atoms with E-state index in [-0.39, 0.29) is 71.3 Å². The fourth-order valence-electron chi connectivity index (χ4n) is 4.96. The first kappa shape index (κ1) is 31.0. The molecular weight excluding hydrogens is 556 g/mol. The smallest absolute Gasteiger partial charge is 0.261 e. The summed E-state index contributed by atoms with van der Waals surface area (Å²) in [5.74, 6) is -0.236. The van der Waals surface area contributed by atoms with Gasteiger partial charge in [0.2, 0.25) is 5.91 Å². The van der Waals surface area contributed by atoms with Gasteiger partial charge in [0.15, 0.2) is 0 Å². The minimum atomic E-state index is -3.88. The second kappa shape index (κ2) is 13.3. The van der Waals surface area contributed by atoms with Gasteiger partial charge in [0.05, 0.1) is 34.7 Å². The molecule has 1 aliphatic heterocycles. The number of pyridine rings is 1. The number of nitrogens with zero attached hydrogens (tertiary/aromatic N) is 3. The molecular formula is C31H38N4O6S. The number of amides is 2. The summed E-state index contributed by atoms with van der Waals surface area (Å²) in [6.07, 6.45) is 3.19. The van der Waals surface area contributed by atoms with Crippen LogP contribution in [0.1, 0.15) is 35.3 Å². The molecule has 10 nitrogen and oxygen atoms in total. The van der Waals surface area contributed by atoms with E-state index in [0.717, 1.165) is 11.1 Å². The van der Waals surface area contributed by atoms with E-state index in [4.69, 9.17) is 9.47 Å². The van der Waals surface area contributed by atoms with Gasteiger partial charge in [0, 0.05) is 51.6 Å². The van der Waals surface area contributed by atoms with E-state index in [1.165, 1.54) is 18.2 Å². The van der Waals surface area contributed by atoms with Crippen molar-refractivity contribution in [2.24, 2.45) is 5.92 Å². The zero-order valence-corrected chi connectivity index (χ0v) is 25.4. The Labute approximate surface area is 247 Å². The third kappa shape index (κ3) is 7.46. The van der Waals surface area contributed by atoms with Gasteiger partial charge in [-0.25, -0.2) is 8.42 Å². The van der Waals surface area contributed by atoms with Crippen molar-refractivity contribution in [3.05, 3.63) is 83.7 Å². The molecule has 2 amide bonds. The highest BCUT2D eigenvalue weighted by atomic mass is 32.2. The van der Waals surface area contributed by atoms with Gasteiger partial charge in [-0.15, -0.1) is 0 Å². The molecule has 0 aliphatic carbocycles. The number of ether oxygens (including phenoxy) is 2. The molecule has 1 aliphatic rings. The van der Waals surface area contributed by atoms with Crippen molar-refractivity contribution < 1.29 is 27.5 Å². The average Bonchev–Trinajstić information content (AvgIpc) is 2.96.